The number of hydrogen-bond donors (Lipinski definition) is 4. The number of anilines is 1. The number of nitro groups is 1. The number of benzene rings is 2. The fourth-order valence-electron chi connectivity index (χ4n) is 3.19. The fraction of sp³-hybridized carbons (Fsp3) is 0.167. The summed E-state index contributed by atoms with van der Waals surface area (Å²) in [5.41, 5.74) is 2.18. The van der Waals surface area contributed by atoms with Gasteiger partial charge in [0.1, 0.15) is 0 Å². The van der Waals surface area contributed by atoms with E-state index in [1.807, 2.05) is 0 Å². The van der Waals surface area contributed by atoms with E-state index in [-0.39, 0.29) is 25.2 Å². The quantitative estimate of drug-likeness (QED) is 0.178. The van der Waals surface area contributed by atoms with Gasteiger partial charge in [-0.25, -0.2) is 0 Å². The molecule has 0 atom stereocenters. The molecular weight excluding hydrogens is 428 g/mol. The first-order chi connectivity index (χ1) is 15.6. The molecular formula is C24H24N2O7. The van der Waals surface area contributed by atoms with E-state index >= 15 is 0 Å². The van der Waals surface area contributed by atoms with Gasteiger partial charge in [0.05, 0.1) is 11.3 Å². The second-order valence-electron chi connectivity index (χ2n) is 7.21. The van der Waals surface area contributed by atoms with Crippen molar-refractivity contribution in [3.63, 3.8) is 0 Å². The standard InChI is InChI=1S/C24H24N2O7/c1-3-6-16(14-23(29)30)11-15(2)18-7-4-5-8-19(18)25-22(28)10-9-17-12-20(26(32)33)24(31)21(27)13-17/h3-8,11-13,27,31H,1,9-10,14H2,2H3,(H,25,28)(H,29,30)/b15-11+,16-6+. The number of aromatic hydroxyl groups is 2. The summed E-state index contributed by atoms with van der Waals surface area (Å²) in [7, 11) is 0. The summed E-state index contributed by atoms with van der Waals surface area (Å²) in [6.45, 7) is 5.39. The summed E-state index contributed by atoms with van der Waals surface area (Å²) in [4.78, 5) is 33.8. The summed E-state index contributed by atoms with van der Waals surface area (Å²) in [5, 5.41) is 42.1. The number of carbonyl (C=O) groups is 2. The van der Waals surface area contributed by atoms with Crippen LogP contribution in [0, 0.1) is 10.1 Å². The van der Waals surface area contributed by atoms with Crippen LogP contribution in [0.2, 0.25) is 0 Å². The van der Waals surface area contributed by atoms with Gasteiger partial charge in [0.15, 0.2) is 5.75 Å². The molecule has 0 spiro atoms. The predicted octanol–water partition coefficient (Wildman–Crippen LogP) is 4.57. The summed E-state index contributed by atoms with van der Waals surface area (Å²) in [5.74, 6) is -2.79. The Morgan fingerprint density at radius 2 is 1.91 bits per heavy atom. The number of aliphatic carboxylic acids is 1. The Balaban J connectivity index is 2.18. The van der Waals surface area contributed by atoms with Gasteiger partial charge in [-0.3, -0.25) is 19.7 Å². The van der Waals surface area contributed by atoms with Crippen LogP contribution in [0.4, 0.5) is 11.4 Å². The molecule has 1 amide bonds. The van der Waals surface area contributed by atoms with Gasteiger partial charge in [0.2, 0.25) is 11.7 Å². The van der Waals surface area contributed by atoms with E-state index < -0.39 is 28.1 Å². The van der Waals surface area contributed by atoms with Crippen LogP contribution in [0.25, 0.3) is 5.57 Å². The molecule has 2 rings (SSSR count). The first kappa shape index (κ1) is 24.9. The monoisotopic (exact) mass is 452 g/mol. The van der Waals surface area contributed by atoms with E-state index in [0.717, 1.165) is 11.6 Å². The minimum Gasteiger partial charge on any atom is -0.504 e. The molecule has 9 nitrogen and oxygen atoms in total. The zero-order valence-electron chi connectivity index (χ0n) is 17.9. The van der Waals surface area contributed by atoms with Crippen molar-refractivity contribution in [2.75, 3.05) is 5.32 Å². The summed E-state index contributed by atoms with van der Waals surface area (Å²) < 4.78 is 0. The van der Waals surface area contributed by atoms with Gasteiger partial charge in [-0.05, 0) is 42.2 Å². The number of carbonyl (C=O) groups excluding carboxylic acids is 1. The van der Waals surface area contributed by atoms with Crippen molar-refractivity contribution in [3.05, 3.63) is 88.0 Å². The zero-order valence-corrected chi connectivity index (χ0v) is 17.9. The highest BCUT2D eigenvalue weighted by Crippen LogP contribution is 2.36. The van der Waals surface area contributed by atoms with Gasteiger partial charge in [-0.1, -0.05) is 43.0 Å². The smallest absolute Gasteiger partial charge is 0.314 e. The number of rotatable bonds is 10. The Labute approximate surface area is 190 Å². The Morgan fingerprint density at radius 1 is 1.21 bits per heavy atom. The van der Waals surface area contributed by atoms with Crippen molar-refractivity contribution in [1.29, 1.82) is 0 Å². The molecule has 0 unspecified atom stereocenters. The summed E-state index contributed by atoms with van der Waals surface area (Å²) in [6.07, 6.45) is 4.70. The van der Waals surface area contributed by atoms with Crippen LogP contribution in [0.5, 0.6) is 11.5 Å². The average Bonchev–Trinajstić information content (AvgIpc) is 2.74. The molecule has 0 aliphatic rings. The predicted molar refractivity (Wildman–Crippen MR) is 124 cm³/mol. The molecule has 0 radical (unpaired) electrons. The number of carboxylic acid groups (broad SMARTS) is 1. The molecule has 4 N–H and O–H groups in total. The van der Waals surface area contributed by atoms with Crippen molar-refractivity contribution in [2.45, 2.75) is 26.2 Å². The minimum absolute atomic E-state index is 0.0287. The van der Waals surface area contributed by atoms with Crippen LogP contribution in [-0.2, 0) is 16.0 Å². The van der Waals surface area contributed by atoms with Crippen molar-refractivity contribution in [2.24, 2.45) is 0 Å². The first-order valence-electron chi connectivity index (χ1n) is 9.92. The highest BCUT2D eigenvalue weighted by Gasteiger charge is 2.19. The third kappa shape index (κ3) is 7.06. The molecule has 0 heterocycles. The average molecular weight is 452 g/mol. The van der Waals surface area contributed by atoms with Crippen molar-refractivity contribution in [3.8, 4) is 11.5 Å². The Hall–Kier alpha value is -4.40. The van der Waals surface area contributed by atoms with Crippen LogP contribution in [0.3, 0.4) is 0 Å². The largest absolute Gasteiger partial charge is 0.504 e. The van der Waals surface area contributed by atoms with E-state index in [9.17, 15) is 29.9 Å². The van der Waals surface area contributed by atoms with Crippen molar-refractivity contribution < 1.29 is 29.8 Å². The van der Waals surface area contributed by atoms with Crippen LogP contribution >= 0.6 is 0 Å². The molecule has 0 saturated carbocycles. The van der Waals surface area contributed by atoms with Gasteiger partial charge < -0.3 is 20.6 Å². The molecule has 2 aromatic rings. The van der Waals surface area contributed by atoms with Crippen molar-refractivity contribution in [1.82, 2.24) is 0 Å². The highest BCUT2D eigenvalue weighted by molar-refractivity contribution is 5.94. The van der Waals surface area contributed by atoms with Gasteiger partial charge in [0, 0.05) is 23.7 Å². The molecule has 0 bridgehead atoms. The fourth-order valence-corrected chi connectivity index (χ4v) is 3.19. The summed E-state index contributed by atoms with van der Waals surface area (Å²) >= 11 is 0. The number of nitro benzene ring substituents is 1. The molecule has 0 fully saturated rings. The summed E-state index contributed by atoms with van der Waals surface area (Å²) in [6, 6.07) is 9.30. The minimum atomic E-state index is -0.978. The topological polar surface area (TPSA) is 150 Å². The van der Waals surface area contributed by atoms with E-state index in [0.29, 0.717) is 22.4 Å². The number of allylic oxidation sites excluding steroid dienone is 4. The molecule has 0 saturated heterocycles. The second-order valence-corrected chi connectivity index (χ2v) is 7.21. The van der Waals surface area contributed by atoms with Crippen LogP contribution in [-0.4, -0.2) is 32.1 Å². The zero-order chi connectivity index (χ0) is 24.5. The third-order valence-corrected chi connectivity index (χ3v) is 4.68. The van der Waals surface area contributed by atoms with Crippen molar-refractivity contribution >= 4 is 28.8 Å². The van der Waals surface area contributed by atoms with Crippen LogP contribution in [0.15, 0.2) is 66.8 Å². The third-order valence-electron chi connectivity index (χ3n) is 4.68. The SMILES string of the molecule is C=C/C=C(\C=C(/C)c1ccccc1NC(=O)CCc1cc(O)c(O)c([N+](=O)[O-])c1)CC(=O)O. The maximum Gasteiger partial charge on any atom is 0.314 e. The number of aryl methyl sites for hydroxylation is 1. The lowest BCUT2D eigenvalue weighted by atomic mass is 10.0. The molecule has 0 aromatic heterocycles. The molecule has 0 aliphatic carbocycles. The second kappa shape index (κ2) is 11.3. The molecule has 33 heavy (non-hydrogen) atoms. The maximum absolute atomic E-state index is 12.5. The Kier molecular flexibility index (Phi) is 8.50. The first-order valence-corrected chi connectivity index (χ1v) is 9.92. The normalized spacial score (nSPS) is 11.7. The van der Waals surface area contributed by atoms with Crippen LogP contribution < -0.4 is 5.32 Å². The molecule has 2 aromatic carbocycles. The number of nitrogens with zero attached hydrogens (tertiary/aromatic N) is 1. The molecule has 9 heteroatoms. The number of carboxylic acids is 1. The Bertz CT molecular complexity index is 1150. The number of para-hydroxylation sites is 1. The lowest BCUT2D eigenvalue weighted by Crippen LogP contribution is -2.13. The van der Waals surface area contributed by atoms with Gasteiger partial charge in [-0.15, -0.1) is 0 Å². The van der Waals surface area contributed by atoms with Gasteiger partial charge in [-0.2, -0.15) is 0 Å². The highest BCUT2D eigenvalue weighted by atomic mass is 16.6. The van der Waals surface area contributed by atoms with Gasteiger partial charge in [0.25, 0.3) is 0 Å². The number of phenols is 2. The van der Waals surface area contributed by atoms with E-state index in [1.165, 1.54) is 12.1 Å². The van der Waals surface area contributed by atoms with E-state index in [2.05, 4.69) is 11.9 Å². The molecule has 172 valence electrons. The van der Waals surface area contributed by atoms with E-state index in [4.69, 9.17) is 5.11 Å². The number of phenolic OH excluding ortho intramolecular Hbond substituents is 2. The molecule has 0 aliphatic heterocycles. The van der Waals surface area contributed by atoms with Gasteiger partial charge >= 0.3 is 11.7 Å². The van der Waals surface area contributed by atoms with Crippen LogP contribution in [0.1, 0.15) is 30.9 Å². The Morgan fingerprint density at radius 3 is 2.55 bits per heavy atom. The van der Waals surface area contributed by atoms with E-state index in [1.54, 1.807) is 43.3 Å². The number of nitrogens with one attached hydrogen (secondary N) is 1. The lowest BCUT2D eigenvalue weighted by Gasteiger charge is -2.12. The number of hydrogen-bond acceptors (Lipinski definition) is 6. The number of amides is 1. The lowest BCUT2D eigenvalue weighted by molar-refractivity contribution is -0.386. The maximum atomic E-state index is 12.5.